The van der Waals surface area contributed by atoms with E-state index >= 15 is 0 Å². The molecule has 0 saturated carbocycles. The Hall–Kier alpha value is -5.16. The number of ether oxygens (including phenoxy) is 1. The molecule has 3 N–H and O–H groups in total. The van der Waals surface area contributed by atoms with Gasteiger partial charge >= 0.3 is 0 Å². The van der Waals surface area contributed by atoms with Crippen LogP contribution in [0.1, 0.15) is 88.5 Å². The normalized spacial score (nSPS) is 16.5. The molecule has 1 amide bonds. The minimum atomic E-state index is -0.565. The molecule has 0 fully saturated rings. The van der Waals surface area contributed by atoms with Crippen LogP contribution in [-0.2, 0) is 25.7 Å². The van der Waals surface area contributed by atoms with E-state index in [1.165, 1.54) is 17.2 Å². The molecule has 51 heavy (non-hydrogen) atoms. The van der Waals surface area contributed by atoms with Crippen molar-refractivity contribution in [1.82, 2.24) is 20.2 Å². The van der Waals surface area contributed by atoms with Crippen molar-refractivity contribution in [2.24, 2.45) is 11.7 Å². The summed E-state index contributed by atoms with van der Waals surface area (Å²) in [6, 6.07) is 15.4. The summed E-state index contributed by atoms with van der Waals surface area (Å²) < 4.78 is 26.9. The summed E-state index contributed by atoms with van der Waals surface area (Å²) in [6.07, 6.45) is 6.39. The summed E-state index contributed by atoms with van der Waals surface area (Å²) in [5.74, 6) is 1.87. The van der Waals surface area contributed by atoms with E-state index in [0.717, 1.165) is 69.0 Å². The minimum Gasteiger partial charge on any atom is -0.496 e. The van der Waals surface area contributed by atoms with E-state index in [0.29, 0.717) is 41.1 Å². The fourth-order valence-corrected chi connectivity index (χ4v) is 9.11. The summed E-state index contributed by atoms with van der Waals surface area (Å²) >= 11 is 1.55. The molecule has 0 radical (unpaired) electrons. The average molecular weight is 703 g/mol. The molecule has 4 heterocycles. The first-order chi connectivity index (χ1) is 24.7. The van der Waals surface area contributed by atoms with Gasteiger partial charge in [0.15, 0.2) is 0 Å². The number of hydrogen-bond donors (Lipinski definition) is 2. The number of aromatic nitrogens is 4. The molecule has 2 atom stereocenters. The van der Waals surface area contributed by atoms with Crippen LogP contribution in [-0.4, -0.2) is 33.2 Å². The fourth-order valence-electron chi connectivity index (χ4n) is 7.95. The van der Waals surface area contributed by atoms with Crippen molar-refractivity contribution in [3.63, 3.8) is 0 Å². The maximum absolute atomic E-state index is 14.2. The van der Waals surface area contributed by atoms with Gasteiger partial charge in [0.1, 0.15) is 17.4 Å². The quantitative estimate of drug-likeness (QED) is 0.145. The molecule has 11 heteroatoms. The lowest BCUT2D eigenvalue weighted by Crippen LogP contribution is -2.20. The number of benzene rings is 2. The number of nitrogens with two attached hydrogens (primary N) is 1. The molecular weight excluding hydrogens is 664 g/mol. The van der Waals surface area contributed by atoms with Crippen LogP contribution in [0.4, 0.5) is 10.2 Å². The van der Waals surface area contributed by atoms with Crippen molar-refractivity contribution in [3.05, 3.63) is 106 Å². The van der Waals surface area contributed by atoms with Gasteiger partial charge in [0.2, 0.25) is 11.8 Å². The Balaban J connectivity index is 1.30. The number of carbonyl (C=O) groups excluding carboxylic acids is 1. The Labute approximate surface area is 299 Å². The third-order valence-electron chi connectivity index (χ3n) is 10.1. The van der Waals surface area contributed by atoms with Crippen LogP contribution >= 0.6 is 11.3 Å². The Morgan fingerprint density at radius 2 is 1.94 bits per heavy atom. The van der Waals surface area contributed by atoms with E-state index in [2.05, 4.69) is 41.5 Å². The minimum absolute atomic E-state index is 0.0739. The van der Waals surface area contributed by atoms with Gasteiger partial charge in [0.05, 0.1) is 40.4 Å². The molecule has 0 unspecified atom stereocenters. The molecule has 0 aliphatic heterocycles. The van der Waals surface area contributed by atoms with Gasteiger partial charge in [-0.1, -0.05) is 32.0 Å². The molecule has 260 valence electrons. The first kappa shape index (κ1) is 33.0. The SMILES string of the molecule is COc1cccc2c1CC[C@@H]2Nc1nccc2cc(-c3c(C(N)=O)c(CC(C)C)nc(C[C@@H]4CCc5cc(F)ccc54)c3-c3nnc(C)o3)sc12. The van der Waals surface area contributed by atoms with Gasteiger partial charge in [-0.25, -0.2) is 9.37 Å². The number of thiophene rings is 1. The number of pyridine rings is 2. The van der Waals surface area contributed by atoms with Crippen molar-refractivity contribution in [3.8, 4) is 27.6 Å². The molecule has 8 rings (SSSR count). The topological polar surface area (TPSA) is 129 Å². The predicted molar refractivity (Wildman–Crippen MR) is 197 cm³/mol. The predicted octanol–water partition coefficient (Wildman–Crippen LogP) is 8.53. The summed E-state index contributed by atoms with van der Waals surface area (Å²) in [6.45, 7) is 5.94. The van der Waals surface area contributed by atoms with Crippen LogP contribution in [0.3, 0.4) is 0 Å². The highest BCUT2D eigenvalue weighted by atomic mass is 32.1. The van der Waals surface area contributed by atoms with Crippen LogP contribution in [0.15, 0.2) is 59.1 Å². The number of carbonyl (C=O) groups is 1. The van der Waals surface area contributed by atoms with Gasteiger partial charge in [-0.3, -0.25) is 9.78 Å². The number of amides is 1. The van der Waals surface area contributed by atoms with Crippen molar-refractivity contribution < 1.29 is 18.3 Å². The van der Waals surface area contributed by atoms with E-state index in [1.807, 2.05) is 30.5 Å². The van der Waals surface area contributed by atoms with E-state index in [-0.39, 0.29) is 29.6 Å². The molecule has 2 aliphatic carbocycles. The van der Waals surface area contributed by atoms with Crippen LogP contribution in [0.5, 0.6) is 5.75 Å². The smallest absolute Gasteiger partial charge is 0.251 e. The summed E-state index contributed by atoms with van der Waals surface area (Å²) in [5.41, 5.74) is 13.8. The molecule has 4 aromatic heterocycles. The number of nitrogens with zero attached hydrogens (tertiary/aromatic N) is 4. The third-order valence-corrected chi connectivity index (χ3v) is 11.3. The molecule has 0 bridgehead atoms. The van der Waals surface area contributed by atoms with E-state index in [4.69, 9.17) is 24.9 Å². The number of halogens is 1. The van der Waals surface area contributed by atoms with Crippen LogP contribution in [0, 0.1) is 18.7 Å². The molecule has 0 saturated heterocycles. The first-order valence-corrected chi connectivity index (χ1v) is 18.3. The third kappa shape index (κ3) is 6.03. The number of primary amides is 1. The molecule has 0 spiro atoms. The fraction of sp³-hybridized carbons (Fsp3) is 0.325. The number of anilines is 1. The van der Waals surface area contributed by atoms with E-state index in [9.17, 15) is 9.18 Å². The Morgan fingerprint density at radius 3 is 2.71 bits per heavy atom. The van der Waals surface area contributed by atoms with E-state index in [1.54, 1.807) is 31.4 Å². The first-order valence-electron chi connectivity index (χ1n) is 17.4. The van der Waals surface area contributed by atoms with Crippen LogP contribution in [0.25, 0.3) is 32.0 Å². The summed E-state index contributed by atoms with van der Waals surface area (Å²) in [7, 11) is 1.71. The van der Waals surface area contributed by atoms with Crippen molar-refractivity contribution in [1.29, 1.82) is 0 Å². The lowest BCUT2D eigenvalue weighted by atomic mass is 9.88. The van der Waals surface area contributed by atoms with Gasteiger partial charge < -0.3 is 20.2 Å². The number of methoxy groups -OCH3 is 1. The van der Waals surface area contributed by atoms with Crippen molar-refractivity contribution >= 4 is 33.1 Å². The highest BCUT2D eigenvalue weighted by Crippen LogP contribution is 2.47. The van der Waals surface area contributed by atoms with Crippen molar-refractivity contribution in [2.75, 3.05) is 12.4 Å². The number of fused-ring (bicyclic) bond motifs is 3. The molecule has 2 aliphatic rings. The zero-order chi connectivity index (χ0) is 35.4. The van der Waals surface area contributed by atoms with Gasteiger partial charge in [-0.2, -0.15) is 0 Å². The zero-order valence-corrected chi connectivity index (χ0v) is 29.9. The second-order valence-corrected chi connectivity index (χ2v) is 15.0. The second kappa shape index (κ2) is 13.2. The monoisotopic (exact) mass is 702 g/mol. The Morgan fingerprint density at radius 1 is 1.08 bits per heavy atom. The molecular formula is C40H39FN6O3S. The van der Waals surface area contributed by atoms with Crippen LogP contribution in [0.2, 0.25) is 0 Å². The lowest BCUT2D eigenvalue weighted by Gasteiger charge is -2.21. The Kier molecular flexibility index (Phi) is 8.54. The second-order valence-electron chi connectivity index (χ2n) is 14.0. The van der Waals surface area contributed by atoms with Gasteiger partial charge in [0.25, 0.3) is 5.91 Å². The number of nitrogens with one attached hydrogen (secondary N) is 1. The maximum Gasteiger partial charge on any atom is 0.251 e. The highest BCUT2D eigenvalue weighted by molar-refractivity contribution is 7.23. The zero-order valence-electron chi connectivity index (χ0n) is 29.0. The highest BCUT2D eigenvalue weighted by Gasteiger charge is 2.33. The standard InChI is InChI=1S/C40H39FN6O3S/c1-20(2)16-30-34(38(42)48)36(35(40-47-46-21(3)50-40)31(44-30)18-23-9-8-22-17-25(41)10-11-26(22)23)33-19-24-14-15-43-39(37(24)51-33)45-29-13-12-28-27(29)6-5-7-32(28)49-4/h5-7,10-11,14-15,17,19-20,23,29H,8-9,12-13,16,18H2,1-4H3,(H2,42,48)(H,43,45)/t23-,29-/m0/s1. The van der Waals surface area contributed by atoms with Gasteiger partial charge in [-0.15, -0.1) is 21.5 Å². The molecule has 9 nitrogen and oxygen atoms in total. The number of aryl methyl sites for hydroxylation is 2. The maximum atomic E-state index is 14.2. The largest absolute Gasteiger partial charge is 0.496 e. The van der Waals surface area contributed by atoms with Crippen molar-refractivity contribution in [2.45, 2.75) is 71.3 Å². The van der Waals surface area contributed by atoms with Gasteiger partial charge in [0, 0.05) is 23.6 Å². The van der Waals surface area contributed by atoms with Crippen LogP contribution < -0.4 is 15.8 Å². The number of rotatable bonds is 10. The molecule has 2 aromatic carbocycles. The lowest BCUT2D eigenvalue weighted by molar-refractivity contribution is 0.0999. The average Bonchev–Trinajstić information content (AvgIpc) is 3.90. The Bertz CT molecular complexity index is 2310. The molecule has 6 aromatic rings. The van der Waals surface area contributed by atoms with E-state index < -0.39 is 5.91 Å². The summed E-state index contributed by atoms with van der Waals surface area (Å²) in [4.78, 5) is 24.4. The van der Waals surface area contributed by atoms with Gasteiger partial charge in [-0.05, 0) is 108 Å². The summed E-state index contributed by atoms with van der Waals surface area (Å²) in [5, 5.41) is 13.4. The number of hydrogen-bond acceptors (Lipinski definition) is 9.